The lowest BCUT2D eigenvalue weighted by molar-refractivity contribution is -0.120. The Morgan fingerprint density at radius 3 is 2.78 bits per heavy atom. The maximum Gasteiger partial charge on any atom is 0.220 e. The van der Waals surface area contributed by atoms with Crippen molar-refractivity contribution in [1.82, 2.24) is 5.32 Å². The van der Waals surface area contributed by atoms with Crippen molar-refractivity contribution in [3.8, 4) is 5.75 Å². The van der Waals surface area contributed by atoms with Gasteiger partial charge in [0.1, 0.15) is 5.75 Å². The molecule has 1 rings (SSSR count). The van der Waals surface area contributed by atoms with Crippen molar-refractivity contribution in [2.75, 3.05) is 13.7 Å². The fourth-order valence-electron chi connectivity index (χ4n) is 1.46. The Hall–Kier alpha value is -1.29. The first kappa shape index (κ1) is 14.8. The number of hydrogen-bond donors (Lipinski definition) is 1. The van der Waals surface area contributed by atoms with Crippen LogP contribution in [0.2, 0.25) is 0 Å². The minimum Gasteiger partial charge on any atom is -0.496 e. The van der Waals surface area contributed by atoms with Gasteiger partial charge in [-0.1, -0.05) is 18.2 Å². The van der Waals surface area contributed by atoms with Crippen molar-refractivity contribution in [2.24, 2.45) is 0 Å². The molecular weight excluding hydrogens is 294 g/mol. The van der Waals surface area contributed by atoms with Crippen molar-refractivity contribution in [2.45, 2.75) is 19.8 Å². The standard InChI is InChI=1S/C14H18BrNO2/c1-10(2)9-16-14(17)7-5-11-4-6-13(18-3)12(15)8-11/h4,6,8H,1,5,7,9H2,2-3H3,(H,16,17). The molecule has 1 aromatic carbocycles. The van der Waals surface area contributed by atoms with Crippen molar-refractivity contribution in [3.63, 3.8) is 0 Å². The molecule has 0 aromatic heterocycles. The molecule has 0 spiro atoms. The molecular formula is C14H18BrNO2. The average Bonchev–Trinajstić information content (AvgIpc) is 2.34. The number of methoxy groups -OCH3 is 1. The van der Waals surface area contributed by atoms with Crippen LogP contribution in [0.3, 0.4) is 0 Å². The van der Waals surface area contributed by atoms with Crippen LogP contribution in [0, 0.1) is 0 Å². The number of hydrogen-bond acceptors (Lipinski definition) is 2. The summed E-state index contributed by atoms with van der Waals surface area (Å²) >= 11 is 3.43. The van der Waals surface area contributed by atoms with Gasteiger partial charge in [0.15, 0.2) is 0 Å². The van der Waals surface area contributed by atoms with E-state index in [0.717, 1.165) is 21.4 Å². The summed E-state index contributed by atoms with van der Waals surface area (Å²) in [6.45, 7) is 6.18. The number of halogens is 1. The van der Waals surface area contributed by atoms with Gasteiger partial charge < -0.3 is 10.1 Å². The van der Waals surface area contributed by atoms with Crippen molar-refractivity contribution >= 4 is 21.8 Å². The lowest BCUT2D eigenvalue weighted by Gasteiger charge is -2.07. The summed E-state index contributed by atoms with van der Waals surface area (Å²) in [5, 5.41) is 2.81. The molecule has 1 aromatic rings. The Labute approximate surface area is 116 Å². The lowest BCUT2D eigenvalue weighted by Crippen LogP contribution is -2.24. The fourth-order valence-corrected chi connectivity index (χ4v) is 2.05. The first-order valence-electron chi connectivity index (χ1n) is 5.76. The zero-order valence-electron chi connectivity index (χ0n) is 10.8. The minimum absolute atomic E-state index is 0.0462. The van der Waals surface area contributed by atoms with Gasteiger partial charge in [0.2, 0.25) is 5.91 Å². The quantitative estimate of drug-likeness (QED) is 0.820. The highest BCUT2D eigenvalue weighted by atomic mass is 79.9. The van der Waals surface area contributed by atoms with Gasteiger partial charge in [0.05, 0.1) is 11.6 Å². The summed E-state index contributed by atoms with van der Waals surface area (Å²) < 4.78 is 6.06. The number of nitrogens with one attached hydrogen (secondary N) is 1. The van der Waals surface area contributed by atoms with E-state index in [1.165, 1.54) is 0 Å². The summed E-state index contributed by atoms with van der Waals surface area (Å²) in [6, 6.07) is 5.84. The summed E-state index contributed by atoms with van der Waals surface area (Å²) in [4.78, 5) is 11.5. The molecule has 0 atom stereocenters. The second-order valence-electron chi connectivity index (χ2n) is 4.20. The minimum atomic E-state index is 0.0462. The van der Waals surface area contributed by atoms with Gasteiger partial charge in [-0.15, -0.1) is 0 Å². The summed E-state index contributed by atoms with van der Waals surface area (Å²) in [7, 11) is 1.63. The van der Waals surface area contributed by atoms with Crippen LogP contribution < -0.4 is 10.1 Å². The van der Waals surface area contributed by atoms with Gasteiger partial charge in [-0.2, -0.15) is 0 Å². The van der Waals surface area contributed by atoms with Crippen LogP contribution in [0.25, 0.3) is 0 Å². The number of aryl methyl sites for hydroxylation is 1. The molecule has 0 radical (unpaired) electrons. The van der Waals surface area contributed by atoms with Crippen LogP contribution in [-0.4, -0.2) is 19.6 Å². The van der Waals surface area contributed by atoms with Crippen LogP contribution in [0.1, 0.15) is 18.9 Å². The molecule has 0 fully saturated rings. The molecule has 0 aliphatic heterocycles. The second-order valence-corrected chi connectivity index (χ2v) is 5.06. The van der Waals surface area contributed by atoms with E-state index in [9.17, 15) is 4.79 Å². The largest absolute Gasteiger partial charge is 0.496 e. The Bertz CT molecular complexity index is 443. The Balaban J connectivity index is 2.46. The van der Waals surface area contributed by atoms with Gasteiger partial charge in [-0.05, 0) is 47.0 Å². The predicted octanol–water partition coefficient (Wildman–Crippen LogP) is 3.08. The molecule has 3 nitrogen and oxygen atoms in total. The van der Waals surface area contributed by atoms with E-state index in [1.807, 2.05) is 25.1 Å². The zero-order chi connectivity index (χ0) is 13.5. The Morgan fingerprint density at radius 1 is 1.50 bits per heavy atom. The molecule has 1 amide bonds. The SMILES string of the molecule is C=C(C)CNC(=O)CCc1ccc(OC)c(Br)c1. The molecule has 0 aliphatic carbocycles. The van der Waals surface area contributed by atoms with E-state index in [1.54, 1.807) is 7.11 Å². The topological polar surface area (TPSA) is 38.3 Å². The van der Waals surface area contributed by atoms with Gasteiger partial charge in [-0.25, -0.2) is 0 Å². The number of benzene rings is 1. The Kier molecular flexibility index (Phi) is 5.92. The molecule has 4 heteroatoms. The first-order chi connectivity index (χ1) is 8.52. The molecule has 0 saturated carbocycles. The van der Waals surface area contributed by atoms with Crippen molar-refractivity contribution in [1.29, 1.82) is 0 Å². The zero-order valence-corrected chi connectivity index (χ0v) is 12.3. The van der Waals surface area contributed by atoms with Crippen LogP contribution in [0.15, 0.2) is 34.8 Å². The van der Waals surface area contributed by atoms with Crippen molar-refractivity contribution in [3.05, 3.63) is 40.4 Å². The lowest BCUT2D eigenvalue weighted by atomic mass is 10.1. The maximum atomic E-state index is 11.5. The molecule has 0 heterocycles. The number of ether oxygens (including phenoxy) is 1. The summed E-state index contributed by atoms with van der Waals surface area (Å²) in [5.41, 5.74) is 2.06. The van der Waals surface area contributed by atoms with E-state index < -0.39 is 0 Å². The molecule has 0 unspecified atom stereocenters. The third kappa shape index (κ3) is 4.92. The Morgan fingerprint density at radius 2 is 2.22 bits per heavy atom. The highest BCUT2D eigenvalue weighted by Crippen LogP contribution is 2.25. The smallest absolute Gasteiger partial charge is 0.220 e. The van der Waals surface area contributed by atoms with Gasteiger partial charge in [0.25, 0.3) is 0 Å². The van der Waals surface area contributed by atoms with E-state index in [-0.39, 0.29) is 5.91 Å². The van der Waals surface area contributed by atoms with E-state index >= 15 is 0 Å². The van der Waals surface area contributed by atoms with Gasteiger partial charge in [-0.3, -0.25) is 4.79 Å². The molecule has 0 saturated heterocycles. The molecule has 0 aliphatic rings. The predicted molar refractivity (Wildman–Crippen MR) is 76.8 cm³/mol. The molecule has 0 bridgehead atoms. The van der Waals surface area contributed by atoms with Crippen LogP contribution in [0.4, 0.5) is 0 Å². The molecule has 18 heavy (non-hydrogen) atoms. The number of carbonyl (C=O) groups is 1. The van der Waals surface area contributed by atoms with Gasteiger partial charge in [0, 0.05) is 13.0 Å². The van der Waals surface area contributed by atoms with Crippen molar-refractivity contribution < 1.29 is 9.53 Å². The van der Waals surface area contributed by atoms with Gasteiger partial charge >= 0.3 is 0 Å². The summed E-state index contributed by atoms with van der Waals surface area (Å²) in [5.74, 6) is 0.843. The van der Waals surface area contributed by atoms with Crippen LogP contribution in [0.5, 0.6) is 5.75 Å². The maximum absolute atomic E-state index is 11.5. The highest BCUT2D eigenvalue weighted by Gasteiger charge is 2.04. The third-order valence-electron chi connectivity index (χ3n) is 2.44. The normalized spacial score (nSPS) is 9.94. The first-order valence-corrected chi connectivity index (χ1v) is 6.55. The third-order valence-corrected chi connectivity index (χ3v) is 3.06. The highest BCUT2D eigenvalue weighted by molar-refractivity contribution is 9.10. The molecule has 98 valence electrons. The van der Waals surface area contributed by atoms with Crippen LogP contribution in [-0.2, 0) is 11.2 Å². The van der Waals surface area contributed by atoms with Crippen LogP contribution >= 0.6 is 15.9 Å². The number of carbonyl (C=O) groups excluding carboxylic acids is 1. The fraction of sp³-hybridized carbons (Fsp3) is 0.357. The van der Waals surface area contributed by atoms with E-state index in [0.29, 0.717) is 19.4 Å². The second kappa shape index (κ2) is 7.21. The van der Waals surface area contributed by atoms with E-state index in [2.05, 4.69) is 27.8 Å². The average molecular weight is 312 g/mol. The number of rotatable bonds is 6. The molecule has 1 N–H and O–H groups in total. The monoisotopic (exact) mass is 311 g/mol. The van der Waals surface area contributed by atoms with E-state index in [4.69, 9.17) is 4.74 Å². The number of amides is 1. The summed E-state index contributed by atoms with van der Waals surface area (Å²) in [6.07, 6.45) is 1.19.